The lowest BCUT2D eigenvalue weighted by Crippen LogP contribution is -2.14. The molecule has 0 unspecified atom stereocenters. The van der Waals surface area contributed by atoms with Crippen molar-refractivity contribution in [3.63, 3.8) is 0 Å². The van der Waals surface area contributed by atoms with Crippen LogP contribution in [0.25, 0.3) is 33.2 Å². The number of anilines is 3. The molecule has 0 bridgehead atoms. The molecule has 8 aromatic rings. The molecule has 0 radical (unpaired) electrons. The summed E-state index contributed by atoms with van der Waals surface area (Å²) in [6.45, 7) is 5.28. The summed E-state index contributed by atoms with van der Waals surface area (Å²) < 4.78 is 120. The fourth-order valence-corrected chi connectivity index (χ4v) is 9.82. The van der Waals surface area contributed by atoms with Crippen LogP contribution in [0.4, 0.5) is 34.8 Å². The summed E-state index contributed by atoms with van der Waals surface area (Å²) >= 11 is 3.13. The molecule has 16 nitrogen and oxygen atoms in total. The SMILES string of the molecule is COc1ccc(F)c(S(=O)(=O)Nc2ccc(-c3cc(C)c(C#N)c(F)c3)cc2)c1.COc1ccc(F)c(S(=O)(=O)Nc2ccc(-c3cc(C)c4c(N)n[nH]c4c3)cc2)c1.Cc1cc(Br)cc(F)c1C#N.NN.O. The summed E-state index contributed by atoms with van der Waals surface area (Å²) in [6, 6.07) is 33.4. The van der Waals surface area contributed by atoms with Gasteiger partial charge >= 0.3 is 0 Å². The highest BCUT2D eigenvalue weighted by molar-refractivity contribution is 9.10. The molecule has 380 valence electrons. The van der Waals surface area contributed by atoms with Gasteiger partial charge in [0.15, 0.2) is 5.82 Å². The molecule has 0 saturated carbocycles. The van der Waals surface area contributed by atoms with E-state index in [2.05, 4.69) is 47.3 Å². The highest BCUT2D eigenvalue weighted by atomic mass is 79.9. The molecule has 7 aromatic carbocycles. The van der Waals surface area contributed by atoms with E-state index in [4.69, 9.17) is 25.7 Å². The number of fused-ring (bicyclic) bond motifs is 1. The first kappa shape index (κ1) is 57.5. The van der Waals surface area contributed by atoms with Crippen molar-refractivity contribution in [3.8, 4) is 45.9 Å². The van der Waals surface area contributed by atoms with Gasteiger partial charge in [-0.15, -0.1) is 0 Å². The number of nitrogen functional groups attached to an aromatic ring is 1. The van der Waals surface area contributed by atoms with E-state index in [-0.39, 0.29) is 33.8 Å². The number of nitriles is 2. The van der Waals surface area contributed by atoms with Crippen LogP contribution in [0, 0.1) is 66.7 Å². The van der Waals surface area contributed by atoms with Gasteiger partial charge < -0.3 is 20.7 Å². The molecule has 0 atom stereocenters. The second kappa shape index (κ2) is 24.9. The number of nitrogens with two attached hydrogens (primary N) is 3. The average Bonchev–Trinajstić information content (AvgIpc) is 3.73. The van der Waals surface area contributed by atoms with Gasteiger partial charge in [0.05, 0.1) is 30.9 Å². The standard InChI is InChI=1S/C21H16F2N2O3S.C21H19FN4O3S.C8H5BrFN.H4N2.H2O/c1-13-9-15(10-20(23)18(13)12-24)14-3-5-16(6-4-14)25-29(26,27)21-11-17(28-2)7-8-19(21)22;1-12-9-14(10-18-20(12)21(23)25-24-18)13-3-5-15(6-4-13)26-30(27,28)19-11-16(29-2)7-8-17(19)22;1-5-2-6(9)3-8(10)7(5)4-11;1-2;/h3-11,25H,1-2H3;3-11,26H,1-2H3,(H3,23,24,25);2-3H,1H3;1-2H2;1H2. The number of halogens is 5. The van der Waals surface area contributed by atoms with E-state index in [0.717, 1.165) is 51.9 Å². The summed E-state index contributed by atoms with van der Waals surface area (Å²) in [5.41, 5.74) is 12.4. The van der Waals surface area contributed by atoms with Crippen molar-refractivity contribution in [1.29, 1.82) is 10.5 Å². The van der Waals surface area contributed by atoms with Crippen LogP contribution in [0.5, 0.6) is 11.5 Å². The quantitative estimate of drug-likeness (QED) is 0.0424. The van der Waals surface area contributed by atoms with Gasteiger partial charge in [-0.2, -0.15) is 15.6 Å². The summed E-state index contributed by atoms with van der Waals surface area (Å²) in [5, 5.41) is 25.3. The minimum Gasteiger partial charge on any atom is -0.497 e. The minimum absolute atomic E-state index is 0. The number of nitrogens with zero attached hydrogens (tertiary/aromatic N) is 3. The molecule has 73 heavy (non-hydrogen) atoms. The van der Waals surface area contributed by atoms with Crippen LogP contribution in [0.15, 0.2) is 136 Å². The van der Waals surface area contributed by atoms with Crippen molar-refractivity contribution in [1.82, 2.24) is 10.2 Å². The van der Waals surface area contributed by atoms with Gasteiger partial charge in [0.1, 0.15) is 56.7 Å². The van der Waals surface area contributed by atoms with E-state index in [1.54, 1.807) is 68.4 Å². The summed E-state index contributed by atoms with van der Waals surface area (Å²) in [5.74, 6) is 6.04. The van der Waals surface area contributed by atoms with Crippen molar-refractivity contribution in [2.45, 2.75) is 30.6 Å². The Kier molecular flexibility index (Phi) is 19.6. The molecule has 0 aliphatic rings. The summed E-state index contributed by atoms with van der Waals surface area (Å²) in [6.07, 6.45) is 0. The van der Waals surface area contributed by atoms with Crippen molar-refractivity contribution < 1.29 is 49.3 Å². The number of aromatic amines is 1. The summed E-state index contributed by atoms with van der Waals surface area (Å²) in [4.78, 5) is -1.02. The maximum atomic E-state index is 14.1. The Balaban J connectivity index is 0.000000253. The number of sulfonamides is 2. The number of ether oxygens (including phenoxy) is 2. The Labute approximate surface area is 426 Å². The molecule has 0 aliphatic heterocycles. The molecule has 1 aromatic heterocycles. The van der Waals surface area contributed by atoms with E-state index < -0.39 is 53.1 Å². The molecule has 0 fully saturated rings. The zero-order chi connectivity index (χ0) is 53.1. The van der Waals surface area contributed by atoms with Crippen LogP contribution in [0.1, 0.15) is 27.8 Å². The number of H-pyrrole nitrogens is 1. The number of aromatic nitrogens is 2. The number of nitrogens with one attached hydrogen (secondary N) is 3. The lowest BCUT2D eigenvalue weighted by molar-refractivity contribution is 0.411. The predicted molar refractivity (Wildman–Crippen MR) is 275 cm³/mol. The van der Waals surface area contributed by atoms with Gasteiger partial charge in [-0.05, 0) is 139 Å². The highest BCUT2D eigenvalue weighted by Gasteiger charge is 2.22. The zero-order valence-corrected chi connectivity index (χ0v) is 42.5. The normalized spacial score (nSPS) is 10.6. The van der Waals surface area contributed by atoms with Gasteiger partial charge in [-0.25, -0.2) is 34.4 Å². The Hall–Kier alpha value is -8.03. The van der Waals surface area contributed by atoms with E-state index in [9.17, 15) is 34.4 Å². The van der Waals surface area contributed by atoms with Crippen LogP contribution < -0.4 is 36.3 Å². The van der Waals surface area contributed by atoms with Crippen molar-refractivity contribution in [2.24, 2.45) is 11.7 Å². The van der Waals surface area contributed by atoms with Crippen LogP contribution >= 0.6 is 15.9 Å². The molecule has 0 aliphatic carbocycles. The highest BCUT2D eigenvalue weighted by Crippen LogP contribution is 2.32. The third kappa shape index (κ3) is 13.9. The Morgan fingerprint density at radius 1 is 0.575 bits per heavy atom. The van der Waals surface area contributed by atoms with Gasteiger partial charge in [-0.3, -0.25) is 26.2 Å². The average molecular weight is 1110 g/mol. The fraction of sp³-hybridized carbons (Fsp3) is 0.100. The second-order valence-electron chi connectivity index (χ2n) is 15.2. The first-order valence-electron chi connectivity index (χ1n) is 20.8. The van der Waals surface area contributed by atoms with Crippen LogP contribution in [-0.4, -0.2) is 46.7 Å². The minimum atomic E-state index is -4.18. The first-order valence-corrected chi connectivity index (χ1v) is 24.5. The Morgan fingerprint density at radius 3 is 1.40 bits per heavy atom. The van der Waals surface area contributed by atoms with Crippen molar-refractivity contribution in [3.05, 3.63) is 177 Å². The maximum Gasteiger partial charge on any atom is 0.264 e. The lowest BCUT2D eigenvalue weighted by atomic mass is 9.99. The van der Waals surface area contributed by atoms with E-state index in [0.29, 0.717) is 38.2 Å². The third-order valence-electron chi connectivity index (χ3n) is 10.4. The number of hydrazine groups is 1. The third-order valence-corrected chi connectivity index (χ3v) is 13.7. The molecule has 1 heterocycles. The number of hydrogen-bond donors (Lipinski definition) is 6. The fourth-order valence-electron chi connectivity index (χ4n) is 6.97. The van der Waals surface area contributed by atoms with E-state index >= 15 is 0 Å². The molecule has 11 N–H and O–H groups in total. The first-order chi connectivity index (χ1) is 34.2. The van der Waals surface area contributed by atoms with E-state index in [1.807, 2.05) is 25.1 Å². The smallest absolute Gasteiger partial charge is 0.264 e. The van der Waals surface area contributed by atoms with E-state index in [1.165, 1.54) is 50.6 Å². The van der Waals surface area contributed by atoms with Gasteiger partial charge in [-0.1, -0.05) is 46.3 Å². The molecular weight excluding hydrogens is 1060 g/mol. The number of aryl methyl sites for hydroxylation is 3. The number of methoxy groups -OCH3 is 2. The molecule has 23 heteroatoms. The number of rotatable bonds is 10. The molecule has 0 amide bonds. The Bertz CT molecular complexity index is 3550. The molecule has 0 saturated heterocycles. The molecule has 0 spiro atoms. The van der Waals surface area contributed by atoms with Gasteiger partial charge in [0, 0.05) is 33.4 Å². The largest absolute Gasteiger partial charge is 0.497 e. The monoisotopic (exact) mass is 1100 g/mol. The predicted octanol–water partition coefficient (Wildman–Crippen LogP) is 9.45. The van der Waals surface area contributed by atoms with Crippen LogP contribution in [-0.2, 0) is 20.0 Å². The van der Waals surface area contributed by atoms with Crippen LogP contribution in [0.3, 0.4) is 0 Å². The lowest BCUT2D eigenvalue weighted by Gasteiger charge is -2.11. The molecular formula is C50H46BrF4N9O7S2. The second-order valence-corrected chi connectivity index (χ2v) is 19.5. The Morgan fingerprint density at radius 2 is 0.986 bits per heavy atom. The number of benzene rings is 7. The summed E-state index contributed by atoms with van der Waals surface area (Å²) in [7, 11) is -5.56. The molecule has 8 rings (SSSR count). The maximum absolute atomic E-state index is 14.1. The van der Waals surface area contributed by atoms with Gasteiger partial charge in [0.2, 0.25) is 0 Å². The van der Waals surface area contributed by atoms with Crippen molar-refractivity contribution >= 4 is 64.1 Å². The topological polar surface area (TPSA) is 297 Å². The number of hydrogen-bond acceptors (Lipinski definition) is 12. The van der Waals surface area contributed by atoms with Crippen molar-refractivity contribution in [2.75, 3.05) is 29.4 Å². The van der Waals surface area contributed by atoms with Gasteiger partial charge in [0.25, 0.3) is 20.0 Å². The zero-order valence-electron chi connectivity index (χ0n) is 39.3. The van der Waals surface area contributed by atoms with Crippen LogP contribution in [0.2, 0.25) is 0 Å².